The molecule has 0 heterocycles. The van der Waals surface area contributed by atoms with Crippen molar-refractivity contribution in [2.75, 3.05) is 12.3 Å². The zero-order valence-corrected chi connectivity index (χ0v) is 30.2. The van der Waals surface area contributed by atoms with Gasteiger partial charge in [0.25, 0.3) is 0 Å². The average Bonchev–Trinajstić information content (AvgIpc) is 3.20. The fourth-order valence-electron chi connectivity index (χ4n) is 6.19. The Labute approximate surface area is 300 Å². The van der Waals surface area contributed by atoms with E-state index in [1.807, 2.05) is 13.1 Å². The van der Waals surface area contributed by atoms with Gasteiger partial charge in [-0.2, -0.15) is 0 Å². The van der Waals surface area contributed by atoms with Gasteiger partial charge >= 0.3 is 0 Å². The first-order valence-corrected chi connectivity index (χ1v) is 20.2. The number of aliphatic imine (C=N–C) groups is 3. The number of nitrogens with zero attached hydrogens (tertiary/aromatic N) is 3. The smallest absolute Gasteiger partial charge is 0.102 e. The van der Waals surface area contributed by atoms with Crippen LogP contribution >= 0.6 is 15.8 Å². The summed E-state index contributed by atoms with van der Waals surface area (Å²) in [7, 11) is -1.23. The Morgan fingerprint density at radius 3 is 0.960 bits per heavy atom. The van der Waals surface area contributed by atoms with Crippen molar-refractivity contribution in [2.45, 2.75) is 25.0 Å². The first kappa shape index (κ1) is 35.0. The maximum absolute atomic E-state index is 5.40. The van der Waals surface area contributed by atoms with E-state index >= 15 is 0 Å². The third kappa shape index (κ3) is 9.45. The summed E-state index contributed by atoms with van der Waals surface area (Å²) in [6.07, 6.45) is 7.90. The van der Waals surface area contributed by atoms with Crippen molar-refractivity contribution < 1.29 is 0 Å². The molecule has 6 aromatic carbocycles. The highest BCUT2D eigenvalue weighted by Crippen LogP contribution is 2.38. The fourth-order valence-corrected chi connectivity index (χ4v) is 10.3. The van der Waals surface area contributed by atoms with Crippen molar-refractivity contribution in [3.05, 3.63) is 193 Å². The molecular formula is C45H43N3P2. The molecule has 0 saturated carbocycles. The zero-order valence-electron chi connectivity index (χ0n) is 28.4. The van der Waals surface area contributed by atoms with E-state index in [2.05, 4.69) is 194 Å². The molecule has 0 aromatic heterocycles. The number of hydrogen-bond donors (Lipinski definition) is 0. The van der Waals surface area contributed by atoms with Crippen LogP contribution in [0.1, 0.15) is 30.1 Å². The van der Waals surface area contributed by atoms with Gasteiger partial charge in [0, 0.05) is 24.8 Å². The van der Waals surface area contributed by atoms with E-state index in [0.717, 1.165) is 23.5 Å². The van der Waals surface area contributed by atoms with Crippen LogP contribution in [0.4, 0.5) is 0 Å². The number of hydrogen-bond acceptors (Lipinski definition) is 3. The summed E-state index contributed by atoms with van der Waals surface area (Å²) < 4.78 is 0. The lowest BCUT2D eigenvalue weighted by molar-refractivity contribution is 0.474. The van der Waals surface area contributed by atoms with Crippen molar-refractivity contribution in [2.24, 2.45) is 15.0 Å². The Bertz CT molecular complexity index is 1700. The molecule has 0 fully saturated rings. The lowest BCUT2D eigenvalue weighted by Crippen LogP contribution is -2.24. The van der Waals surface area contributed by atoms with Crippen LogP contribution in [0.15, 0.2) is 197 Å². The van der Waals surface area contributed by atoms with Gasteiger partial charge in [0.1, 0.15) is 6.04 Å². The van der Waals surface area contributed by atoms with Crippen molar-refractivity contribution in [1.82, 2.24) is 0 Å². The van der Waals surface area contributed by atoms with Crippen LogP contribution in [-0.4, -0.2) is 37.0 Å². The molecule has 0 amide bonds. The maximum atomic E-state index is 5.40. The Morgan fingerprint density at radius 1 is 0.400 bits per heavy atom. The molecule has 0 spiro atoms. The van der Waals surface area contributed by atoms with Gasteiger partial charge in [-0.3, -0.25) is 15.0 Å². The highest BCUT2D eigenvalue weighted by atomic mass is 31.1. The van der Waals surface area contributed by atoms with E-state index in [1.54, 1.807) is 0 Å². The van der Waals surface area contributed by atoms with Gasteiger partial charge in [0.15, 0.2) is 0 Å². The molecule has 0 radical (unpaired) electrons. The number of rotatable bonds is 15. The molecule has 0 aliphatic heterocycles. The summed E-state index contributed by atoms with van der Waals surface area (Å²) in [6.45, 7) is 2.00. The topological polar surface area (TPSA) is 37.1 Å². The molecule has 5 heteroatoms. The monoisotopic (exact) mass is 687 g/mol. The highest BCUT2D eigenvalue weighted by molar-refractivity contribution is 7.74. The molecular weight excluding hydrogens is 644 g/mol. The summed E-state index contributed by atoms with van der Waals surface area (Å²) >= 11 is 0. The van der Waals surface area contributed by atoms with Crippen molar-refractivity contribution >= 4 is 55.7 Å². The van der Waals surface area contributed by atoms with E-state index in [0.29, 0.717) is 0 Å². The minimum absolute atomic E-state index is 0.220. The molecule has 2 unspecified atom stereocenters. The quantitative estimate of drug-likeness (QED) is 0.0763. The Balaban J connectivity index is 1.36. The van der Waals surface area contributed by atoms with E-state index in [-0.39, 0.29) is 18.1 Å². The first-order valence-electron chi connectivity index (χ1n) is 17.2. The van der Waals surface area contributed by atoms with E-state index < -0.39 is 15.8 Å². The summed E-state index contributed by atoms with van der Waals surface area (Å²) in [5.41, 5.74) is 2.27. The highest BCUT2D eigenvalue weighted by Gasteiger charge is 2.31. The van der Waals surface area contributed by atoms with Crippen LogP contribution in [0.5, 0.6) is 0 Å². The normalized spacial score (nSPS) is 13.7. The van der Waals surface area contributed by atoms with Crippen LogP contribution < -0.4 is 21.2 Å². The maximum Gasteiger partial charge on any atom is 0.102 e. The summed E-state index contributed by atoms with van der Waals surface area (Å²) in [5, 5.41) is 5.39. The fraction of sp³-hybridized carbons (Fsp3) is 0.133. The largest absolute Gasteiger partial charge is 0.289 e. The minimum Gasteiger partial charge on any atom is -0.289 e. The molecule has 0 aliphatic rings. The van der Waals surface area contributed by atoms with Gasteiger partial charge < -0.3 is 0 Å². The predicted octanol–water partition coefficient (Wildman–Crippen LogP) is 9.34. The van der Waals surface area contributed by atoms with E-state index in [9.17, 15) is 0 Å². The van der Waals surface area contributed by atoms with Crippen LogP contribution in [-0.2, 0) is 0 Å². The second-order valence-electron chi connectivity index (χ2n) is 11.8. The standard InChI is InChI=1S/C45H43N3P2/c1-2-46-45(43(37-21-9-3-10-22-37)47-33-35-49(39-25-13-5-14-26-39)40-27-15-6-16-28-40)44(38-23-11-4-12-24-38)48-34-36-50(41-29-17-7-18-30-41)42-31-19-8-20-32-42/h2-34,43-45H,35-36H2,1H3. The summed E-state index contributed by atoms with van der Waals surface area (Å²) in [5.74, 6) is 0. The Morgan fingerprint density at radius 2 is 0.680 bits per heavy atom. The number of benzene rings is 6. The Hall–Kier alpha value is -4.81. The molecule has 6 aromatic rings. The van der Waals surface area contributed by atoms with Crippen molar-refractivity contribution in [3.63, 3.8) is 0 Å². The molecule has 0 aliphatic carbocycles. The molecule has 3 nitrogen and oxygen atoms in total. The average molecular weight is 688 g/mol. The summed E-state index contributed by atoms with van der Waals surface area (Å²) in [6, 6.07) is 63.9. The lowest BCUT2D eigenvalue weighted by atomic mass is 9.90. The van der Waals surface area contributed by atoms with Gasteiger partial charge in [0.2, 0.25) is 0 Å². The third-order valence-corrected chi connectivity index (χ3v) is 13.3. The van der Waals surface area contributed by atoms with Crippen LogP contribution in [0.25, 0.3) is 0 Å². The molecule has 248 valence electrons. The lowest BCUT2D eigenvalue weighted by Gasteiger charge is -2.28. The second kappa shape index (κ2) is 18.8. The summed E-state index contributed by atoms with van der Waals surface area (Å²) in [4.78, 5) is 16.0. The van der Waals surface area contributed by atoms with Gasteiger partial charge in [0.05, 0.1) is 12.1 Å². The van der Waals surface area contributed by atoms with Crippen molar-refractivity contribution in [3.8, 4) is 0 Å². The zero-order chi connectivity index (χ0) is 34.2. The third-order valence-electron chi connectivity index (χ3n) is 8.58. The van der Waals surface area contributed by atoms with Crippen LogP contribution in [0, 0.1) is 0 Å². The van der Waals surface area contributed by atoms with Gasteiger partial charge in [-0.1, -0.05) is 182 Å². The molecule has 0 bridgehead atoms. The van der Waals surface area contributed by atoms with Gasteiger partial charge in [-0.25, -0.2) is 0 Å². The van der Waals surface area contributed by atoms with Crippen LogP contribution in [0.2, 0.25) is 0 Å². The SMILES string of the molecule is CC=NC(C(N=CCP(c1ccccc1)c1ccccc1)c1ccccc1)C(N=CCP(c1ccccc1)c1ccccc1)c1ccccc1. The predicted molar refractivity (Wildman–Crippen MR) is 221 cm³/mol. The van der Waals surface area contributed by atoms with E-state index in [4.69, 9.17) is 15.0 Å². The van der Waals surface area contributed by atoms with Crippen molar-refractivity contribution in [1.29, 1.82) is 0 Å². The van der Waals surface area contributed by atoms with Gasteiger partial charge in [-0.05, 0) is 61.3 Å². The first-order chi connectivity index (χ1) is 24.8. The molecule has 2 atom stereocenters. The molecule has 50 heavy (non-hydrogen) atoms. The molecule has 0 N–H and O–H groups in total. The van der Waals surface area contributed by atoms with E-state index in [1.165, 1.54) is 21.2 Å². The van der Waals surface area contributed by atoms with Gasteiger partial charge in [-0.15, -0.1) is 0 Å². The second-order valence-corrected chi connectivity index (χ2v) is 16.3. The molecule has 0 saturated heterocycles. The Kier molecular flexibility index (Phi) is 13.2. The molecule has 6 rings (SSSR count). The minimum atomic E-state index is -0.613. The van der Waals surface area contributed by atoms with Crippen LogP contribution in [0.3, 0.4) is 0 Å².